The van der Waals surface area contributed by atoms with Crippen molar-refractivity contribution in [3.63, 3.8) is 0 Å². The van der Waals surface area contributed by atoms with Gasteiger partial charge in [0.1, 0.15) is 0 Å². The molecule has 4 rings (SSSR count). The van der Waals surface area contributed by atoms with Crippen LogP contribution in [0.3, 0.4) is 0 Å². The first-order chi connectivity index (χ1) is 15.9. The molecule has 1 unspecified atom stereocenters. The Morgan fingerprint density at radius 1 is 0.909 bits per heavy atom. The zero-order valence-electron chi connectivity index (χ0n) is 18.1. The number of nitrogens with zero attached hydrogens (tertiary/aromatic N) is 3. The maximum Gasteiger partial charge on any atom is 0.254 e. The molecule has 1 fully saturated rings. The van der Waals surface area contributed by atoms with Crippen molar-refractivity contribution >= 4 is 0 Å². The maximum absolute atomic E-state index is 12.6. The third-order valence-corrected chi connectivity index (χ3v) is 6.87. The molecular weight excluding hydrogens is 414 g/mol. The van der Waals surface area contributed by atoms with Gasteiger partial charge in [0, 0.05) is 10.8 Å². The maximum atomic E-state index is 12.6. The average molecular weight is 437 g/mol. The molecule has 1 aliphatic carbocycles. The summed E-state index contributed by atoms with van der Waals surface area (Å²) >= 11 is 0. The molecule has 3 aromatic rings. The smallest absolute Gasteiger partial charge is 0.254 e. The van der Waals surface area contributed by atoms with Gasteiger partial charge in [0.2, 0.25) is 0 Å². The summed E-state index contributed by atoms with van der Waals surface area (Å²) in [5.74, 6) is -1.91. The molecule has 1 aliphatic rings. The quantitative estimate of drug-likeness (QED) is 0.464. The van der Waals surface area contributed by atoms with Crippen molar-refractivity contribution in [2.24, 2.45) is 5.41 Å². The molecule has 0 aliphatic heterocycles. The summed E-state index contributed by atoms with van der Waals surface area (Å²) in [6, 6.07) is 27.3. The van der Waals surface area contributed by atoms with Crippen LogP contribution in [0.15, 0.2) is 84.9 Å². The van der Waals surface area contributed by atoms with Crippen LogP contribution < -0.4 is 0 Å². The second kappa shape index (κ2) is 8.50. The van der Waals surface area contributed by atoms with Gasteiger partial charge < -0.3 is 5.11 Å². The first-order valence-electron chi connectivity index (χ1n) is 10.7. The lowest BCUT2D eigenvalue weighted by Gasteiger charge is -2.49. The van der Waals surface area contributed by atoms with E-state index in [4.69, 9.17) is 0 Å². The number of aryl methyl sites for hydroxylation is 1. The van der Waals surface area contributed by atoms with Gasteiger partial charge in [0.05, 0.1) is 18.1 Å². The van der Waals surface area contributed by atoms with Crippen LogP contribution >= 0.6 is 0 Å². The van der Waals surface area contributed by atoms with E-state index in [1.807, 2.05) is 31.2 Å². The highest BCUT2D eigenvalue weighted by Gasteiger charge is 2.67. The van der Waals surface area contributed by atoms with Crippen LogP contribution in [-0.2, 0) is 5.60 Å². The fraction of sp³-hybridized carbons (Fsp3) is 0.259. The molecule has 1 saturated carbocycles. The number of benzene rings is 3. The second-order valence-electron chi connectivity index (χ2n) is 8.67. The third kappa shape index (κ3) is 3.55. The largest absolute Gasteiger partial charge is 0.378 e. The van der Waals surface area contributed by atoms with E-state index in [2.05, 4.69) is 12.1 Å². The Kier molecular flexibility index (Phi) is 5.72. The van der Waals surface area contributed by atoms with E-state index in [9.17, 15) is 25.7 Å². The van der Waals surface area contributed by atoms with E-state index in [1.54, 1.807) is 60.7 Å². The summed E-state index contributed by atoms with van der Waals surface area (Å²) in [7, 11) is 0. The lowest BCUT2D eigenvalue weighted by Crippen LogP contribution is -2.59. The molecule has 33 heavy (non-hydrogen) atoms. The van der Waals surface area contributed by atoms with Crippen molar-refractivity contribution in [1.82, 2.24) is 0 Å². The fourth-order valence-corrected chi connectivity index (χ4v) is 5.25. The first-order valence-corrected chi connectivity index (χ1v) is 10.7. The molecule has 0 radical (unpaired) electrons. The van der Waals surface area contributed by atoms with Crippen LogP contribution in [0.5, 0.6) is 0 Å². The summed E-state index contributed by atoms with van der Waals surface area (Å²) < 4.78 is 0. The van der Waals surface area contributed by atoms with Gasteiger partial charge in [-0.2, -0.15) is 10.5 Å². The van der Waals surface area contributed by atoms with Crippen molar-refractivity contribution in [2.45, 2.75) is 36.8 Å². The molecule has 0 aromatic heterocycles. The lowest BCUT2D eigenvalue weighted by molar-refractivity contribution is -0.559. The SMILES string of the molecule is Cc1ccc(C2C[C@@](O)(c3ccccc3)[C@H]([N+](=O)[O-])[C@@H](c3ccccc3)C2(C#N)C#N)cc1. The second-order valence-corrected chi connectivity index (χ2v) is 8.67. The Hall–Kier alpha value is -4.00. The summed E-state index contributed by atoms with van der Waals surface area (Å²) in [4.78, 5) is 12.0. The molecule has 6 heteroatoms. The molecular formula is C27H23N3O3. The minimum atomic E-state index is -1.89. The van der Waals surface area contributed by atoms with Gasteiger partial charge in [0.15, 0.2) is 11.0 Å². The van der Waals surface area contributed by atoms with Crippen molar-refractivity contribution in [3.8, 4) is 12.1 Å². The highest BCUT2D eigenvalue weighted by molar-refractivity contribution is 5.44. The lowest BCUT2D eigenvalue weighted by atomic mass is 9.51. The predicted molar refractivity (Wildman–Crippen MR) is 123 cm³/mol. The summed E-state index contributed by atoms with van der Waals surface area (Å²) in [6.45, 7) is 1.93. The van der Waals surface area contributed by atoms with Crippen molar-refractivity contribution in [1.29, 1.82) is 10.5 Å². The molecule has 6 nitrogen and oxygen atoms in total. The van der Waals surface area contributed by atoms with Crippen LogP contribution in [0.2, 0.25) is 0 Å². The molecule has 3 aromatic carbocycles. The highest BCUT2D eigenvalue weighted by atomic mass is 16.6. The average Bonchev–Trinajstić information content (AvgIpc) is 2.85. The Balaban J connectivity index is 2.05. The van der Waals surface area contributed by atoms with Crippen molar-refractivity contribution in [2.75, 3.05) is 0 Å². The van der Waals surface area contributed by atoms with E-state index in [-0.39, 0.29) is 6.42 Å². The normalized spacial score (nSPS) is 26.0. The number of hydrogen-bond donors (Lipinski definition) is 1. The van der Waals surface area contributed by atoms with Gasteiger partial charge in [-0.25, -0.2) is 0 Å². The Labute approximate surface area is 192 Å². The number of rotatable bonds is 4. The molecule has 4 atom stereocenters. The molecule has 0 heterocycles. The highest BCUT2D eigenvalue weighted by Crippen LogP contribution is 2.60. The van der Waals surface area contributed by atoms with Gasteiger partial charge in [0.25, 0.3) is 6.04 Å². The van der Waals surface area contributed by atoms with E-state index in [0.717, 1.165) is 5.56 Å². The van der Waals surface area contributed by atoms with Crippen LogP contribution in [0, 0.1) is 45.1 Å². The van der Waals surface area contributed by atoms with E-state index >= 15 is 0 Å². The van der Waals surface area contributed by atoms with E-state index in [0.29, 0.717) is 16.7 Å². The molecule has 0 saturated heterocycles. The van der Waals surface area contributed by atoms with Gasteiger partial charge in [-0.3, -0.25) is 10.1 Å². The van der Waals surface area contributed by atoms with Crippen LogP contribution in [0.25, 0.3) is 0 Å². The van der Waals surface area contributed by atoms with Crippen LogP contribution in [0.4, 0.5) is 0 Å². The van der Waals surface area contributed by atoms with Crippen molar-refractivity contribution in [3.05, 3.63) is 117 Å². The minimum Gasteiger partial charge on any atom is -0.378 e. The number of hydrogen-bond acceptors (Lipinski definition) is 5. The van der Waals surface area contributed by atoms with Gasteiger partial charge >= 0.3 is 0 Å². The van der Waals surface area contributed by atoms with Gasteiger partial charge in [-0.05, 0) is 30.0 Å². The Morgan fingerprint density at radius 2 is 1.45 bits per heavy atom. The fourth-order valence-electron chi connectivity index (χ4n) is 5.25. The topological polar surface area (TPSA) is 111 Å². The van der Waals surface area contributed by atoms with Crippen LogP contribution in [0.1, 0.15) is 40.5 Å². The number of nitriles is 2. The predicted octanol–water partition coefficient (Wildman–Crippen LogP) is 4.83. The van der Waals surface area contributed by atoms with Crippen LogP contribution in [-0.4, -0.2) is 16.1 Å². The minimum absolute atomic E-state index is 0.129. The van der Waals surface area contributed by atoms with E-state index < -0.39 is 33.8 Å². The zero-order valence-corrected chi connectivity index (χ0v) is 18.1. The summed E-state index contributed by atoms with van der Waals surface area (Å²) in [5, 5.41) is 45.5. The Morgan fingerprint density at radius 3 is 1.97 bits per heavy atom. The molecule has 1 N–H and O–H groups in total. The number of nitro groups is 1. The first kappa shape index (κ1) is 22.2. The standard InChI is InChI=1S/C27H23N3O3/c1-19-12-14-20(15-13-19)23-16-27(31,22-10-6-3-7-11-22)25(30(32)33)24(26(23,17-28)18-29)21-8-4-2-5-9-21/h2-15,23-25,31H,16H2,1H3/t23?,24-,25-,27-/m1/s1. The van der Waals surface area contributed by atoms with Crippen molar-refractivity contribution < 1.29 is 10.0 Å². The molecule has 0 spiro atoms. The summed E-state index contributed by atoms with van der Waals surface area (Å²) in [5.41, 5.74) is -1.06. The molecule has 0 bridgehead atoms. The molecule has 164 valence electrons. The monoisotopic (exact) mass is 437 g/mol. The Bertz CT molecular complexity index is 1220. The zero-order chi connectivity index (χ0) is 23.6. The van der Waals surface area contributed by atoms with Gasteiger partial charge in [-0.1, -0.05) is 90.5 Å². The summed E-state index contributed by atoms with van der Waals surface area (Å²) in [6.07, 6.45) is -0.129. The third-order valence-electron chi connectivity index (χ3n) is 6.87. The molecule has 0 amide bonds. The number of aliphatic hydroxyl groups is 1. The van der Waals surface area contributed by atoms with Gasteiger partial charge in [-0.15, -0.1) is 0 Å². The van der Waals surface area contributed by atoms with E-state index in [1.165, 1.54) is 0 Å².